The van der Waals surface area contributed by atoms with Gasteiger partial charge in [-0.25, -0.2) is 0 Å². The van der Waals surface area contributed by atoms with E-state index in [4.69, 9.17) is 11.6 Å². The number of amides is 2. The highest BCUT2D eigenvalue weighted by Gasteiger charge is 2.16. The van der Waals surface area contributed by atoms with Crippen LogP contribution in [0.1, 0.15) is 26.3 Å². The first-order chi connectivity index (χ1) is 13.0. The summed E-state index contributed by atoms with van der Waals surface area (Å²) in [4.78, 5) is 30.8. The molecule has 0 radical (unpaired) electrons. The monoisotopic (exact) mass is 379 g/mol. The van der Waals surface area contributed by atoms with E-state index >= 15 is 0 Å². The molecule has 3 aromatic rings. The first-order valence-corrected chi connectivity index (χ1v) is 8.72. The van der Waals surface area contributed by atoms with Crippen molar-refractivity contribution >= 4 is 29.1 Å². The molecule has 2 amide bonds. The largest absolute Gasteiger partial charge is 0.337 e. The molecule has 1 heterocycles. The summed E-state index contributed by atoms with van der Waals surface area (Å²) in [7, 11) is 1.71. The van der Waals surface area contributed by atoms with Gasteiger partial charge in [-0.05, 0) is 23.8 Å². The highest BCUT2D eigenvalue weighted by Crippen LogP contribution is 2.21. The zero-order chi connectivity index (χ0) is 19.2. The van der Waals surface area contributed by atoms with Crippen LogP contribution in [-0.4, -0.2) is 28.7 Å². The van der Waals surface area contributed by atoms with Gasteiger partial charge in [-0.3, -0.25) is 14.6 Å². The summed E-state index contributed by atoms with van der Waals surface area (Å²) in [6.45, 7) is 0.468. The summed E-state index contributed by atoms with van der Waals surface area (Å²) in [6.07, 6.45) is 2.87. The Hall–Kier alpha value is -3.18. The molecule has 6 heteroatoms. The summed E-state index contributed by atoms with van der Waals surface area (Å²) < 4.78 is 0. The lowest BCUT2D eigenvalue weighted by molar-refractivity contribution is 0.0784. The maximum atomic E-state index is 12.7. The summed E-state index contributed by atoms with van der Waals surface area (Å²) >= 11 is 6.06. The molecule has 0 bridgehead atoms. The number of hydrogen-bond acceptors (Lipinski definition) is 3. The van der Waals surface area contributed by atoms with Crippen LogP contribution < -0.4 is 5.32 Å². The first kappa shape index (κ1) is 18.6. The van der Waals surface area contributed by atoms with E-state index in [9.17, 15) is 9.59 Å². The Bertz CT molecular complexity index is 960. The minimum absolute atomic E-state index is 0.209. The molecule has 1 N–H and O–H groups in total. The van der Waals surface area contributed by atoms with E-state index in [1.807, 2.05) is 30.3 Å². The molecule has 2 aromatic carbocycles. The van der Waals surface area contributed by atoms with Gasteiger partial charge in [0.1, 0.15) is 0 Å². The van der Waals surface area contributed by atoms with Crippen LogP contribution in [-0.2, 0) is 6.54 Å². The fourth-order valence-corrected chi connectivity index (χ4v) is 2.77. The average molecular weight is 380 g/mol. The molecular formula is C21H18ClN3O2. The van der Waals surface area contributed by atoms with Crippen LogP contribution in [0, 0.1) is 0 Å². The number of aromatic nitrogens is 1. The van der Waals surface area contributed by atoms with Crippen LogP contribution in [0.4, 0.5) is 5.69 Å². The molecule has 5 nitrogen and oxygen atoms in total. The van der Waals surface area contributed by atoms with E-state index in [0.717, 1.165) is 5.56 Å². The molecule has 0 fully saturated rings. The predicted octanol–water partition coefficient (Wildman–Crippen LogP) is 4.26. The van der Waals surface area contributed by atoms with Gasteiger partial charge >= 0.3 is 0 Å². The SMILES string of the molecule is CN(Cc1ccccc1)C(=O)c1cncc(C(=O)Nc2ccccc2Cl)c1. The maximum absolute atomic E-state index is 12.7. The molecule has 1 aromatic heterocycles. The zero-order valence-electron chi connectivity index (χ0n) is 14.7. The topological polar surface area (TPSA) is 62.3 Å². The van der Waals surface area contributed by atoms with Gasteiger partial charge < -0.3 is 10.2 Å². The number of anilines is 1. The molecule has 3 rings (SSSR count). The van der Waals surface area contributed by atoms with Gasteiger partial charge in [-0.2, -0.15) is 0 Å². The fourth-order valence-electron chi connectivity index (χ4n) is 2.59. The number of para-hydroxylation sites is 1. The number of nitrogens with zero attached hydrogens (tertiary/aromatic N) is 2. The van der Waals surface area contributed by atoms with Crippen LogP contribution in [0.25, 0.3) is 0 Å². The van der Waals surface area contributed by atoms with Crippen molar-refractivity contribution in [3.63, 3.8) is 0 Å². The minimum Gasteiger partial charge on any atom is -0.337 e. The number of pyridine rings is 1. The molecule has 0 aliphatic heterocycles. The van der Waals surface area contributed by atoms with Gasteiger partial charge in [0.05, 0.1) is 21.8 Å². The molecule has 0 spiro atoms. The number of nitrogens with one attached hydrogen (secondary N) is 1. The van der Waals surface area contributed by atoms with E-state index in [-0.39, 0.29) is 17.4 Å². The van der Waals surface area contributed by atoms with Crippen LogP contribution >= 0.6 is 11.6 Å². The predicted molar refractivity (Wildman–Crippen MR) is 106 cm³/mol. The van der Waals surface area contributed by atoms with Crippen molar-refractivity contribution in [1.29, 1.82) is 0 Å². The molecule has 0 saturated heterocycles. The summed E-state index contributed by atoms with van der Waals surface area (Å²) in [5.74, 6) is -0.588. The number of rotatable bonds is 5. The van der Waals surface area contributed by atoms with Gasteiger partial charge in [0.15, 0.2) is 0 Å². The lowest BCUT2D eigenvalue weighted by Gasteiger charge is -2.17. The van der Waals surface area contributed by atoms with Crippen LogP contribution in [0.3, 0.4) is 0 Å². The molecule has 136 valence electrons. The number of halogens is 1. The third-order valence-corrected chi connectivity index (χ3v) is 4.31. The second-order valence-corrected chi connectivity index (χ2v) is 6.45. The molecule has 0 unspecified atom stereocenters. The summed E-state index contributed by atoms with van der Waals surface area (Å²) in [5, 5.41) is 3.16. The zero-order valence-corrected chi connectivity index (χ0v) is 15.5. The van der Waals surface area contributed by atoms with Gasteiger partial charge in [0.25, 0.3) is 11.8 Å². The van der Waals surface area contributed by atoms with Crippen molar-refractivity contribution in [3.05, 3.63) is 94.8 Å². The summed E-state index contributed by atoms with van der Waals surface area (Å²) in [6, 6.07) is 18.2. The Morgan fingerprint density at radius 1 is 1.00 bits per heavy atom. The van der Waals surface area contributed by atoms with E-state index in [1.54, 1.807) is 36.2 Å². The Balaban J connectivity index is 1.73. The Morgan fingerprint density at radius 2 is 1.67 bits per heavy atom. The summed E-state index contributed by atoms with van der Waals surface area (Å²) in [5.41, 5.74) is 2.16. The Labute approximate surface area is 162 Å². The maximum Gasteiger partial charge on any atom is 0.257 e. The van der Waals surface area contributed by atoms with E-state index in [0.29, 0.717) is 22.8 Å². The molecular weight excluding hydrogens is 362 g/mol. The van der Waals surface area contributed by atoms with Gasteiger partial charge in [0.2, 0.25) is 0 Å². The Kier molecular flexibility index (Phi) is 5.84. The van der Waals surface area contributed by atoms with Crippen molar-refractivity contribution in [2.45, 2.75) is 6.54 Å². The number of benzene rings is 2. The number of carbonyl (C=O) groups is 2. The van der Waals surface area contributed by atoms with Crippen LogP contribution in [0.2, 0.25) is 5.02 Å². The molecule has 0 atom stereocenters. The van der Waals surface area contributed by atoms with Crippen molar-refractivity contribution in [3.8, 4) is 0 Å². The van der Waals surface area contributed by atoms with Crippen molar-refractivity contribution in [2.24, 2.45) is 0 Å². The van der Waals surface area contributed by atoms with Crippen LogP contribution in [0.5, 0.6) is 0 Å². The van der Waals surface area contributed by atoms with Crippen LogP contribution in [0.15, 0.2) is 73.1 Å². The Morgan fingerprint density at radius 3 is 2.41 bits per heavy atom. The lowest BCUT2D eigenvalue weighted by Crippen LogP contribution is -2.26. The number of hydrogen-bond donors (Lipinski definition) is 1. The molecule has 0 saturated carbocycles. The smallest absolute Gasteiger partial charge is 0.257 e. The van der Waals surface area contributed by atoms with Crippen molar-refractivity contribution < 1.29 is 9.59 Å². The van der Waals surface area contributed by atoms with E-state index < -0.39 is 0 Å². The van der Waals surface area contributed by atoms with E-state index in [1.165, 1.54) is 18.5 Å². The second-order valence-electron chi connectivity index (χ2n) is 6.04. The highest BCUT2D eigenvalue weighted by molar-refractivity contribution is 6.33. The first-order valence-electron chi connectivity index (χ1n) is 8.35. The quantitative estimate of drug-likeness (QED) is 0.720. The van der Waals surface area contributed by atoms with Gasteiger partial charge in [-0.15, -0.1) is 0 Å². The minimum atomic E-state index is -0.379. The second kappa shape index (κ2) is 8.47. The third kappa shape index (κ3) is 4.71. The molecule has 27 heavy (non-hydrogen) atoms. The molecule has 0 aliphatic carbocycles. The average Bonchev–Trinajstić information content (AvgIpc) is 2.70. The lowest BCUT2D eigenvalue weighted by atomic mass is 10.1. The standard InChI is InChI=1S/C21H18ClN3O2/c1-25(14-15-7-3-2-4-8-15)21(27)17-11-16(12-23-13-17)20(26)24-19-10-6-5-9-18(19)22/h2-13H,14H2,1H3,(H,24,26). The number of carbonyl (C=O) groups excluding carboxylic acids is 2. The van der Waals surface area contributed by atoms with Gasteiger partial charge in [0, 0.05) is 26.0 Å². The molecule has 0 aliphatic rings. The third-order valence-electron chi connectivity index (χ3n) is 3.98. The fraction of sp³-hybridized carbons (Fsp3) is 0.0952. The van der Waals surface area contributed by atoms with Crippen molar-refractivity contribution in [1.82, 2.24) is 9.88 Å². The highest BCUT2D eigenvalue weighted by atomic mass is 35.5. The van der Waals surface area contributed by atoms with E-state index in [2.05, 4.69) is 10.3 Å². The van der Waals surface area contributed by atoms with Crippen molar-refractivity contribution in [2.75, 3.05) is 12.4 Å². The normalized spacial score (nSPS) is 10.3. The van der Waals surface area contributed by atoms with Gasteiger partial charge in [-0.1, -0.05) is 54.1 Å².